The number of hydrogen-bond acceptors (Lipinski definition) is 16. The number of phosphoric ester groups is 2. The molecule has 0 radical (unpaired) electrons. The van der Waals surface area contributed by atoms with Crippen molar-refractivity contribution in [1.29, 1.82) is 0 Å². The number of hydrogen-bond donors (Lipinski definition) is 10. The Kier molecular flexibility index (Phi) is 30.0. The standard InChI is InChI=1S/C45H80O19P2/c1-3-5-7-8-9-10-11-12-13-14-15-16-22-26-39(50)62-33-30-60-38(49)25-21-18-17-20-24-34-36(47)29-37(48)35(28-27-32(46)23-19-6-4-2)41(52)44(63-65(55,56)57)45(43(54)42(53)40(34)51)64-66(58,59)61-31-33/h7-8,10-11,27-28,32-37,40-48,51-54H,3-6,9,12-26,29-31H2,1-2H3,(H,58,59)(H2,55,56,57)/b8-7-,11-10-,28-27+/t32-,33+,34-,35-,36-,37+,40+,41+,42-,43+,44+,45-/m0/s1. The number of carbonyl (C=O) groups is 2. The fraction of sp³-hybridized carbons (Fsp3) is 0.822. The zero-order valence-corrected chi connectivity index (χ0v) is 40.5. The quantitative estimate of drug-likeness (QED) is 0.0309. The van der Waals surface area contributed by atoms with Gasteiger partial charge >= 0.3 is 27.6 Å². The molecule has 19 nitrogen and oxygen atoms in total. The number of esters is 2. The molecule has 1 saturated carbocycles. The maximum absolute atomic E-state index is 13.7. The lowest BCUT2D eigenvalue weighted by Crippen LogP contribution is -2.56. The summed E-state index contributed by atoms with van der Waals surface area (Å²) in [5.74, 6) is -4.40. The van der Waals surface area contributed by atoms with Gasteiger partial charge in [-0.05, 0) is 51.4 Å². The van der Waals surface area contributed by atoms with Gasteiger partial charge in [0.1, 0.15) is 31.0 Å². The first-order valence-corrected chi connectivity index (χ1v) is 26.8. The van der Waals surface area contributed by atoms with Crippen LogP contribution in [-0.2, 0) is 41.8 Å². The molecule has 2 aliphatic rings. The molecule has 2 bridgehead atoms. The SMILES string of the molecule is CCC/C=C\C/C=C\CCCCCCCC(=O)O[C@@H]1COC(=O)CCCCCC[C@@H]2[C@@H](O)[C@H](O)[C@@H](O)[C@H](OP(=O)(O)OC1)[C@H](OP(=O)(O)O)[C@H](O)[C@@H](/C=C/[C@@H](O)CCCCC)[C@H](O)C[C@@H]2O. The van der Waals surface area contributed by atoms with Gasteiger partial charge in [0.15, 0.2) is 6.10 Å². The number of carbonyl (C=O) groups excluding carboxylic acids is 2. The van der Waals surface area contributed by atoms with Crippen LogP contribution in [0.15, 0.2) is 36.5 Å². The lowest BCUT2D eigenvalue weighted by atomic mass is 9.82. The molecule has 21 heteroatoms. The molecule has 1 saturated heterocycles. The molecule has 0 spiro atoms. The molecule has 1 unspecified atom stereocenters. The monoisotopic (exact) mass is 986 g/mol. The molecule has 0 amide bonds. The smallest absolute Gasteiger partial charge is 0.462 e. The largest absolute Gasteiger partial charge is 0.472 e. The van der Waals surface area contributed by atoms with Crippen LogP contribution in [-0.4, -0.2) is 137 Å². The van der Waals surface area contributed by atoms with Crippen LogP contribution in [0.1, 0.15) is 149 Å². The first-order valence-electron chi connectivity index (χ1n) is 23.8. The van der Waals surface area contributed by atoms with Gasteiger partial charge in [0.25, 0.3) is 0 Å². The van der Waals surface area contributed by atoms with Crippen molar-refractivity contribution in [1.82, 2.24) is 0 Å². The Morgan fingerprint density at radius 1 is 0.818 bits per heavy atom. The molecule has 2 rings (SSSR count). The molecule has 66 heavy (non-hydrogen) atoms. The summed E-state index contributed by atoms with van der Waals surface area (Å²) in [6.45, 7) is 2.51. The lowest BCUT2D eigenvalue weighted by Gasteiger charge is -2.39. The Morgan fingerprint density at radius 2 is 1.50 bits per heavy atom. The maximum Gasteiger partial charge on any atom is 0.472 e. The number of cyclic esters (lactones) is 1. The molecule has 0 aromatic rings. The predicted octanol–water partition coefficient (Wildman–Crippen LogP) is 5.11. The van der Waals surface area contributed by atoms with E-state index in [1.807, 2.05) is 6.92 Å². The minimum absolute atomic E-state index is 0.0276. The molecule has 1 aliphatic carbocycles. The highest BCUT2D eigenvalue weighted by molar-refractivity contribution is 7.47. The summed E-state index contributed by atoms with van der Waals surface area (Å²) in [6, 6.07) is 0. The number of ether oxygens (including phenoxy) is 2. The average molecular weight is 987 g/mol. The first kappa shape index (κ1) is 60.2. The highest BCUT2D eigenvalue weighted by Crippen LogP contribution is 2.50. The number of allylic oxidation sites excluding steroid dienone is 4. The third-order valence-electron chi connectivity index (χ3n) is 11.8. The fourth-order valence-electron chi connectivity index (χ4n) is 7.98. The van der Waals surface area contributed by atoms with Crippen LogP contribution in [0.3, 0.4) is 0 Å². The molecule has 0 aromatic carbocycles. The van der Waals surface area contributed by atoms with Crippen molar-refractivity contribution in [3.8, 4) is 0 Å². The van der Waals surface area contributed by atoms with Crippen molar-refractivity contribution in [3.05, 3.63) is 36.5 Å². The van der Waals surface area contributed by atoms with E-state index >= 15 is 0 Å². The third kappa shape index (κ3) is 24.6. The van der Waals surface area contributed by atoms with Crippen molar-refractivity contribution >= 4 is 27.6 Å². The van der Waals surface area contributed by atoms with Crippen LogP contribution in [0, 0.1) is 11.8 Å². The second kappa shape index (κ2) is 32.8. The molecule has 10 N–H and O–H groups in total. The minimum atomic E-state index is -5.76. The van der Waals surface area contributed by atoms with E-state index in [0.29, 0.717) is 38.5 Å². The summed E-state index contributed by atoms with van der Waals surface area (Å²) < 4.78 is 52.2. The van der Waals surface area contributed by atoms with Crippen LogP contribution in [0.4, 0.5) is 0 Å². The van der Waals surface area contributed by atoms with Crippen LogP contribution in [0.5, 0.6) is 0 Å². The van der Waals surface area contributed by atoms with E-state index in [9.17, 15) is 69.1 Å². The van der Waals surface area contributed by atoms with Gasteiger partial charge in [0.05, 0.1) is 37.1 Å². The third-order valence-corrected chi connectivity index (χ3v) is 13.3. The van der Waals surface area contributed by atoms with Gasteiger partial charge in [0, 0.05) is 31.1 Å². The van der Waals surface area contributed by atoms with Gasteiger partial charge in [-0.1, -0.05) is 115 Å². The van der Waals surface area contributed by atoms with Crippen molar-refractivity contribution in [3.63, 3.8) is 0 Å². The van der Waals surface area contributed by atoms with Gasteiger partial charge in [0.2, 0.25) is 0 Å². The molecular formula is C45H80O19P2. The first-order chi connectivity index (χ1) is 31.3. The number of fused-ring (bicyclic) bond motifs is 4. The molecule has 1 aliphatic heterocycles. The molecule has 13 atom stereocenters. The second-order valence-electron chi connectivity index (χ2n) is 17.4. The van der Waals surface area contributed by atoms with E-state index in [4.69, 9.17) is 23.0 Å². The van der Waals surface area contributed by atoms with Gasteiger partial charge in [-0.25, -0.2) is 9.13 Å². The topological polar surface area (TPSA) is 317 Å². The highest BCUT2D eigenvalue weighted by Gasteiger charge is 2.51. The van der Waals surface area contributed by atoms with E-state index in [2.05, 4.69) is 31.2 Å². The van der Waals surface area contributed by atoms with Gasteiger partial charge in [-0.15, -0.1) is 0 Å². The summed E-state index contributed by atoms with van der Waals surface area (Å²) in [7, 11) is -11.4. The molecule has 1 heterocycles. The zero-order valence-electron chi connectivity index (χ0n) is 38.7. The number of unbranched alkanes of at least 4 members (excludes halogenated alkanes) is 8. The summed E-state index contributed by atoms with van der Waals surface area (Å²) in [5.41, 5.74) is 0. The van der Waals surface area contributed by atoms with E-state index in [1.54, 1.807) is 0 Å². The van der Waals surface area contributed by atoms with Crippen LogP contribution in [0.25, 0.3) is 0 Å². The number of aliphatic hydroxyl groups excluding tert-OH is 7. The Balaban J connectivity index is 2.42. The lowest BCUT2D eigenvalue weighted by molar-refractivity contribution is -0.165. The van der Waals surface area contributed by atoms with Gasteiger partial charge in [-0.3, -0.25) is 23.2 Å². The van der Waals surface area contributed by atoms with E-state index in [1.165, 1.54) is 6.08 Å². The molecular weight excluding hydrogens is 906 g/mol. The number of aliphatic hydroxyl groups is 7. The molecule has 2 fully saturated rings. The van der Waals surface area contributed by atoms with E-state index in [-0.39, 0.29) is 25.7 Å². The molecule has 0 aromatic heterocycles. The summed E-state index contributed by atoms with van der Waals surface area (Å²) in [4.78, 5) is 56.7. The van der Waals surface area contributed by atoms with Crippen LogP contribution >= 0.6 is 15.6 Å². The van der Waals surface area contributed by atoms with Gasteiger partial charge < -0.3 is 59.9 Å². The Morgan fingerprint density at radius 3 is 2.20 bits per heavy atom. The summed E-state index contributed by atoms with van der Waals surface area (Å²) >= 11 is 0. The van der Waals surface area contributed by atoms with Crippen LogP contribution in [0.2, 0.25) is 0 Å². The highest BCUT2D eigenvalue weighted by atomic mass is 31.2. The summed E-state index contributed by atoms with van der Waals surface area (Å²) in [6.07, 6.45) is 1.46. The summed E-state index contributed by atoms with van der Waals surface area (Å²) in [5, 5.41) is 79.9. The Labute approximate surface area is 390 Å². The van der Waals surface area contributed by atoms with E-state index in [0.717, 1.165) is 70.3 Å². The van der Waals surface area contributed by atoms with Crippen LogP contribution < -0.4 is 0 Å². The Hall–Kier alpha value is -1.90. The van der Waals surface area contributed by atoms with Crippen molar-refractivity contribution in [2.24, 2.45) is 11.8 Å². The van der Waals surface area contributed by atoms with Crippen molar-refractivity contribution in [2.45, 2.75) is 210 Å². The average Bonchev–Trinajstić information content (AvgIpc) is 3.25. The Bertz CT molecular complexity index is 1540. The van der Waals surface area contributed by atoms with Gasteiger partial charge in [-0.2, -0.15) is 0 Å². The number of phosphoric acid groups is 2. The normalized spacial score (nSPS) is 32.5. The predicted molar refractivity (Wildman–Crippen MR) is 243 cm³/mol. The van der Waals surface area contributed by atoms with E-state index < -0.39 is 120 Å². The molecule has 384 valence electrons. The minimum Gasteiger partial charge on any atom is -0.462 e. The second-order valence-corrected chi connectivity index (χ2v) is 20.0. The van der Waals surface area contributed by atoms with Crippen molar-refractivity contribution in [2.75, 3.05) is 13.2 Å². The number of rotatable bonds is 21. The maximum atomic E-state index is 13.7. The fourth-order valence-corrected chi connectivity index (χ4v) is 9.50. The zero-order chi connectivity index (χ0) is 49.1. The van der Waals surface area contributed by atoms with Crippen molar-refractivity contribution < 1.29 is 92.2 Å².